The molecule has 1 saturated heterocycles. The lowest BCUT2D eigenvalue weighted by Gasteiger charge is -2.36. The fourth-order valence-corrected chi connectivity index (χ4v) is 3.69. The normalized spacial score (nSPS) is 19.5. The van der Waals surface area contributed by atoms with Gasteiger partial charge in [0.25, 0.3) is 11.8 Å². The summed E-state index contributed by atoms with van der Waals surface area (Å²) < 4.78 is 0. The average molecular weight is 342 g/mol. The summed E-state index contributed by atoms with van der Waals surface area (Å²) in [5.41, 5.74) is 0.808. The molecule has 1 fully saturated rings. The van der Waals surface area contributed by atoms with Crippen molar-refractivity contribution in [3.63, 3.8) is 0 Å². The first-order chi connectivity index (χ1) is 11.9. The van der Waals surface area contributed by atoms with Gasteiger partial charge in [-0.2, -0.15) is 0 Å². The van der Waals surface area contributed by atoms with Crippen LogP contribution in [-0.2, 0) is 4.79 Å². The largest absolute Gasteiger partial charge is 0.341 e. The molecule has 5 nitrogen and oxygen atoms in total. The lowest BCUT2D eigenvalue weighted by molar-refractivity contribution is -0.137. The van der Waals surface area contributed by atoms with Gasteiger partial charge in [-0.15, -0.1) is 0 Å². The zero-order chi connectivity index (χ0) is 18.1. The van der Waals surface area contributed by atoms with Crippen LogP contribution in [0.1, 0.15) is 60.7 Å². The van der Waals surface area contributed by atoms with Crippen LogP contribution in [0.3, 0.4) is 0 Å². The molecule has 0 spiro atoms. The zero-order valence-corrected chi connectivity index (χ0v) is 15.2. The number of imide groups is 1. The molecule has 2 aliphatic rings. The highest BCUT2D eigenvalue weighted by Crippen LogP contribution is 2.28. The van der Waals surface area contributed by atoms with E-state index in [1.165, 1.54) is 4.90 Å². The summed E-state index contributed by atoms with van der Waals surface area (Å²) >= 11 is 0. The molecule has 0 bridgehead atoms. The van der Waals surface area contributed by atoms with E-state index in [4.69, 9.17) is 0 Å². The number of likely N-dealkylation sites (tertiary alicyclic amines) is 1. The Bertz CT molecular complexity index is 655. The Morgan fingerprint density at radius 3 is 2.08 bits per heavy atom. The summed E-state index contributed by atoms with van der Waals surface area (Å²) in [4.78, 5) is 41.8. The van der Waals surface area contributed by atoms with E-state index in [1.54, 1.807) is 24.3 Å². The SMILES string of the molecule is CC(C)CC(C(=O)N1CCC(C)CC1)N1C(=O)c2ccccc2C1=O. The Hall–Kier alpha value is -2.17. The van der Waals surface area contributed by atoms with Crippen molar-refractivity contribution in [2.24, 2.45) is 11.8 Å². The van der Waals surface area contributed by atoms with E-state index in [0.29, 0.717) is 36.6 Å². The van der Waals surface area contributed by atoms with E-state index >= 15 is 0 Å². The van der Waals surface area contributed by atoms with Crippen molar-refractivity contribution in [1.82, 2.24) is 9.80 Å². The van der Waals surface area contributed by atoms with E-state index in [0.717, 1.165) is 12.8 Å². The molecule has 0 saturated carbocycles. The topological polar surface area (TPSA) is 57.7 Å². The summed E-state index contributed by atoms with van der Waals surface area (Å²) in [6, 6.07) is 6.11. The number of carbonyl (C=O) groups is 3. The Morgan fingerprint density at radius 2 is 1.60 bits per heavy atom. The number of hydrogen-bond acceptors (Lipinski definition) is 3. The molecule has 25 heavy (non-hydrogen) atoms. The number of amides is 3. The van der Waals surface area contributed by atoms with Crippen molar-refractivity contribution < 1.29 is 14.4 Å². The highest BCUT2D eigenvalue weighted by atomic mass is 16.2. The van der Waals surface area contributed by atoms with Crippen LogP contribution in [0.25, 0.3) is 0 Å². The molecular formula is C20H26N2O3. The number of benzene rings is 1. The summed E-state index contributed by atoms with van der Waals surface area (Å²) in [6.45, 7) is 7.63. The van der Waals surface area contributed by atoms with Gasteiger partial charge in [0, 0.05) is 13.1 Å². The van der Waals surface area contributed by atoms with Gasteiger partial charge in [-0.1, -0.05) is 32.9 Å². The molecule has 2 heterocycles. The highest BCUT2D eigenvalue weighted by molar-refractivity contribution is 6.22. The molecule has 2 aliphatic heterocycles. The molecule has 3 rings (SSSR count). The third-order valence-corrected chi connectivity index (χ3v) is 5.21. The minimum atomic E-state index is -0.708. The van der Waals surface area contributed by atoms with Crippen LogP contribution in [0.5, 0.6) is 0 Å². The van der Waals surface area contributed by atoms with Crippen molar-refractivity contribution in [2.75, 3.05) is 13.1 Å². The molecule has 134 valence electrons. The van der Waals surface area contributed by atoms with Crippen LogP contribution in [0.2, 0.25) is 0 Å². The molecular weight excluding hydrogens is 316 g/mol. The first-order valence-corrected chi connectivity index (χ1v) is 9.15. The lowest BCUT2D eigenvalue weighted by Crippen LogP contribution is -2.53. The maximum atomic E-state index is 13.1. The van der Waals surface area contributed by atoms with Gasteiger partial charge in [-0.3, -0.25) is 19.3 Å². The standard InChI is InChI=1S/C20H26N2O3/c1-13(2)12-17(20(25)21-10-8-14(3)9-11-21)22-18(23)15-6-4-5-7-16(15)19(22)24/h4-7,13-14,17H,8-12H2,1-3H3. The Kier molecular flexibility index (Phi) is 4.93. The van der Waals surface area contributed by atoms with Crippen LogP contribution in [0.4, 0.5) is 0 Å². The molecule has 0 N–H and O–H groups in total. The van der Waals surface area contributed by atoms with Crippen LogP contribution < -0.4 is 0 Å². The van der Waals surface area contributed by atoms with E-state index < -0.39 is 6.04 Å². The molecule has 1 unspecified atom stereocenters. The van der Waals surface area contributed by atoms with Crippen molar-refractivity contribution >= 4 is 17.7 Å². The van der Waals surface area contributed by atoms with Crippen molar-refractivity contribution in [1.29, 1.82) is 0 Å². The predicted octanol–water partition coefficient (Wildman–Crippen LogP) is 2.96. The van der Waals surface area contributed by atoms with Gasteiger partial charge in [0.05, 0.1) is 11.1 Å². The zero-order valence-electron chi connectivity index (χ0n) is 15.2. The van der Waals surface area contributed by atoms with Crippen LogP contribution in [-0.4, -0.2) is 46.7 Å². The molecule has 1 aromatic rings. The van der Waals surface area contributed by atoms with Crippen LogP contribution in [0.15, 0.2) is 24.3 Å². The predicted molar refractivity (Wildman–Crippen MR) is 95.2 cm³/mol. The third kappa shape index (κ3) is 3.32. The molecule has 5 heteroatoms. The smallest absolute Gasteiger partial charge is 0.262 e. The number of nitrogens with zero attached hydrogens (tertiary/aromatic N) is 2. The first-order valence-electron chi connectivity index (χ1n) is 9.15. The van der Waals surface area contributed by atoms with Gasteiger partial charge in [0.1, 0.15) is 6.04 Å². The van der Waals surface area contributed by atoms with Crippen LogP contribution >= 0.6 is 0 Å². The maximum Gasteiger partial charge on any atom is 0.262 e. The van der Waals surface area contributed by atoms with Gasteiger partial charge < -0.3 is 4.90 Å². The number of carbonyl (C=O) groups excluding carboxylic acids is 3. The van der Waals surface area contributed by atoms with Crippen molar-refractivity contribution in [3.05, 3.63) is 35.4 Å². The van der Waals surface area contributed by atoms with Gasteiger partial charge >= 0.3 is 0 Å². The fraction of sp³-hybridized carbons (Fsp3) is 0.550. The number of piperidine rings is 1. The monoisotopic (exact) mass is 342 g/mol. The van der Waals surface area contributed by atoms with Crippen LogP contribution in [0, 0.1) is 11.8 Å². The molecule has 0 aliphatic carbocycles. The quantitative estimate of drug-likeness (QED) is 0.791. The molecule has 0 radical (unpaired) electrons. The second-order valence-corrected chi connectivity index (χ2v) is 7.68. The minimum Gasteiger partial charge on any atom is -0.341 e. The van der Waals surface area contributed by atoms with E-state index in [1.807, 2.05) is 18.7 Å². The van der Waals surface area contributed by atoms with Crippen molar-refractivity contribution in [2.45, 2.75) is 46.1 Å². The third-order valence-electron chi connectivity index (χ3n) is 5.21. The molecule has 0 aromatic heterocycles. The van der Waals surface area contributed by atoms with Gasteiger partial charge in [-0.05, 0) is 43.2 Å². The highest BCUT2D eigenvalue weighted by Gasteiger charge is 2.44. The second kappa shape index (κ2) is 6.98. The fourth-order valence-electron chi connectivity index (χ4n) is 3.69. The summed E-state index contributed by atoms with van der Waals surface area (Å²) in [7, 11) is 0. The van der Waals surface area contributed by atoms with Gasteiger partial charge in [0.2, 0.25) is 5.91 Å². The number of rotatable bonds is 4. The number of fused-ring (bicyclic) bond motifs is 1. The van der Waals surface area contributed by atoms with E-state index in [9.17, 15) is 14.4 Å². The molecule has 1 atom stereocenters. The maximum absolute atomic E-state index is 13.1. The lowest BCUT2D eigenvalue weighted by atomic mass is 9.96. The number of hydrogen-bond donors (Lipinski definition) is 0. The average Bonchev–Trinajstić information content (AvgIpc) is 2.84. The molecule has 1 aromatic carbocycles. The minimum absolute atomic E-state index is 0.0879. The van der Waals surface area contributed by atoms with Crippen molar-refractivity contribution in [3.8, 4) is 0 Å². The Labute approximate surface area is 149 Å². The second-order valence-electron chi connectivity index (χ2n) is 7.68. The van der Waals surface area contributed by atoms with Gasteiger partial charge in [-0.25, -0.2) is 0 Å². The summed E-state index contributed by atoms with van der Waals surface area (Å²) in [5, 5.41) is 0. The Morgan fingerprint density at radius 1 is 1.08 bits per heavy atom. The first kappa shape index (κ1) is 17.6. The Balaban J connectivity index is 1.88. The van der Waals surface area contributed by atoms with E-state index in [-0.39, 0.29) is 23.6 Å². The molecule has 3 amide bonds. The summed E-state index contributed by atoms with van der Waals surface area (Å²) in [6.07, 6.45) is 2.45. The van der Waals surface area contributed by atoms with Gasteiger partial charge in [0.15, 0.2) is 0 Å². The van der Waals surface area contributed by atoms with E-state index in [2.05, 4.69) is 6.92 Å². The summed E-state index contributed by atoms with van der Waals surface area (Å²) in [5.74, 6) is 0.0546.